The van der Waals surface area contributed by atoms with Gasteiger partial charge in [0.25, 0.3) is 0 Å². The van der Waals surface area contributed by atoms with Crippen LogP contribution >= 0.6 is 11.8 Å². The molecule has 0 radical (unpaired) electrons. The number of hydrogen-bond acceptors (Lipinski definition) is 4. The number of thioether (sulfide) groups is 1. The highest BCUT2D eigenvalue weighted by molar-refractivity contribution is 7.98. The van der Waals surface area contributed by atoms with Gasteiger partial charge < -0.3 is 9.47 Å². The van der Waals surface area contributed by atoms with Crippen LogP contribution in [-0.4, -0.2) is 12.6 Å². The standard InChI is InChI=1S/C18H18O3S/c1-12(2)18(19)14-4-6-15(7-5-14)22-10-13-3-8-16-17(9-13)21-11-20-16/h3-9,12H,10-11H2,1-2H3. The van der Waals surface area contributed by atoms with E-state index in [0.717, 1.165) is 27.7 Å². The van der Waals surface area contributed by atoms with E-state index in [2.05, 4.69) is 6.07 Å². The van der Waals surface area contributed by atoms with E-state index in [9.17, 15) is 4.79 Å². The Balaban J connectivity index is 1.63. The molecule has 0 saturated heterocycles. The van der Waals surface area contributed by atoms with Crippen molar-refractivity contribution >= 4 is 17.5 Å². The van der Waals surface area contributed by atoms with Gasteiger partial charge in [0.2, 0.25) is 6.79 Å². The summed E-state index contributed by atoms with van der Waals surface area (Å²) in [4.78, 5) is 13.1. The molecule has 2 aromatic carbocycles. The van der Waals surface area contributed by atoms with Gasteiger partial charge in [-0.1, -0.05) is 32.0 Å². The third kappa shape index (κ3) is 3.28. The van der Waals surface area contributed by atoms with Gasteiger partial charge in [0.15, 0.2) is 17.3 Å². The van der Waals surface area contributed by atoms with Gasteiger partial charge in [-0.05, 0) is 29.8 Å². The largest absolute Gasteiger partial charge is 0.454 e. The van der Waals surface area contributed by atoms with E-state index < -0.39 is 0 Å². The number of benzene rings is 2. The van der Waals surface area contributed by atoms with Crippen LogP contribution < -0.4 is 9.47 Å². The van der Waals surface area contributed by atoms with Crippen molar-refractivity contribution < 1.29 is 14.3 Å². The van der Waals surface area contributed by atoms with Gasteiger partial charge in [-0.15, -0.1) is 11.8 Å². The second-order valence-electron chi connectivity index (χ2n) is 5.52. The molecule has 0 spiro atoms. The molecule has 0 atom stereocenters. The third-order valence-corrected chi connectivity index (χ3v) is 4.59. The lowest BCUT2D eigenvalue weighted by atomic mass is 10.0. The van der Waals surface area contributed by atoms with E-state index in [1.165, 1.54) is 5.56 Å². The summed E-state index contributed by atoms with van der Waals surface area (Å²) in [6.45, 7) is 4.15. The van der Waals surface area contributed by atoms with E-state index in [-0.39, 0.29) is 11.7 Å². The Morgan fingerprint density at radius 2 is 1.82 bits per heavy atom. The molecule has 3 rings (SSSR count). The lowest BCUT2D eigenvalue weighted by molar-refractivity contribution is 0.0939. The van der Waals surface area contributed by atoms with E-state index in [0.29, 0.717) is 6.79 Å². The van der Waals surface area contributed by atoms with Crippen LogP contribution in [0.1, 0.15) is 29.8 Å². The molecule has 0 aliphatic carbocycles. The van der Waals surface area contributed by atoms with Crippen LogP contribution in [0, 0.1) is 5.92 Å². The number of rotatable bonds is 5. The number of carbonyl (C=O) groups is 1. The second-order valence-corrected chi connectivity index (χ2v) is 6.57. The molecule has 0 bridgehead atoms. The van der Waals surface area contributed by atoms with Gasteiger partial charge >= 0.3 is 0 Å². The molecule has 0 N–H and O–H groups in total. The topological polar surface area (TPSA) is 35.5 Å². The molecule has 4 heteroatoms. The minimum atomic E-state index is 0.0344. The Morgan fingerprint density at radius 1 is 1.09 bits per heavy atom. The van der Waals surface area contributed by atoms with E-state index in [1.54, 1.807) is 11.8 Å². The molecule has 1 heterocycles. The highest BCUT2D eigenvalue weighted by Gasteiger charge is 2.13. The minimum Gasteiger partial charge on any atom is -0.454 e. The van der Waals surface area contributed by atoms with Gasteiger partial charge in [0.1, 0.15) is 0 Å². The SMILES string of the molecule is CC(C)C(=O)c1ccc(SCc2ccc3c(c2)OCO3)cc1. The summed E-state index contributed by atoms with van der Waals surface area (Å²) in [6, 6.07) is 13.8. The molecule has 3 nitrogen and oxygen atoms in total. The van der Waals surface area contributed by atoms with E-state index in [4.69, 9.17) is 9.47 Å². The monoisotopic (exact) mass is 314 g/mol. The summed E-state index contributed by atoms with van der Waals surface area (Å²) >= 11 is 1.74. The first-order chi connectivity index (χ1) is 10.6. The van der Waals surface area contributed by atoms with Gasteiger partial charge in [-0.2, -0.15) is 0 Å². The maximum absolute atomic E-state index is 11.9. The van der Waals surface area contributed by atoms with Gasteiger partial charge in [-0.3, -0.25) is 4.79 Å². The van der Waals surface area contributed by atoms with Crippen molar-refractivity contribution in [2.45, 2.75) is 24.5 Å². The van der Waals surface area contributed by atoms with Crippen LogP contribution in [0.3, 0.4) is 0 Å². The lowest BCUT2D eigenvalue weighted by Crippen LogP contribution is -2.06. The summed E-state index contributed by atoms with van der Waals surface area (Å²) < 4.78 is 10.7. The van der Waals surface area contributed by atoms with Crippen LogP contribution in [0.5, 0.6) is 11.5 Å². The van der Waals surface area contributed by atoms with Gasteiger partial charge in [0, 0.05) is 22.1 Å². The number of hydrogen-bond donors (Lipinski definition) is 0. The Bertz CT molecular complexity index is 677. The number of ether oxygens (including phenoxy) is 2. The molecule has 0 saturated carbocycles. The van der Waals surface area contributed by atoms with Crippen LogP contribution in [-0.2, 0) is 5.75 Å². The van der Waals surface area contributed by atoms with Crippen molar-refractivity contribution in [3.8, 4) is 11.5 Å². The van der Waals surface area contributed by atoms with Crippen molar-refractivity contribution in [3.05, 3.63) is 53.6 Å². The fourth-order valence-electron chi connectivity index (χ4n) is 2.25. The van der Waals surface area contributed by atoms with Gasteiger partial charge in [0.05, 0.1) is 0 Å². The van der Waals surface area contributed by atoms with Crippen molar-refractivity contribution in [2.75, 3.05) is 6.79 Å². The number of Topliss-reactive ketones (excluding diaryl/α,β-unsaturated/α-hetero) is 1. The van der Waals surface area contributed by atoms with Crippen molar-refractivity contribution in [1.29, 1.82) is 0 Å². The lowest BCUT2D eigenvalue weighted by Gasteiger charge is -2.06. The average molecular weight is 314 g/mol. The Morgan fingerprint density at radius 3 is 2.55 bits per heavy atom. The first-order valence-corrected chi connectivity index (χ1v) is 8.27. The zero-order valence-corrected chi connectivity index (χ0v) is 13.5. The van der Waals surface area contributed by atoms with Crippen LogP contribution in [0.4, 0.5) is 0 Å². The molecular formula is C18H18O3S. The Hall–Kier alpha value is -1.94. The molecular weight excluding hydrogens is 296 g/mol. The fourth-order valence-corrected chi connectivity index (χ4v) is 3.09. The van der Waals surface area contributed by atoms with Crippen LogP contribution in [0.2, 0.25) is 0 Å². The van der Waals surface area contributed by atoms with Crippen LogP contribution in [0.25, 0.3) is 0 Å². The number of carbonyl (C=O) groups excluding carboxylic acids is 1. The Labute approximate surface area is 134 Å². The molecule has 114 valence electrons. The zero-order valence-electron chi connectivity index (χ0n) is 12.7. The molecule has 2 aromatic rings. The molecule has 0 aromatic heterocycles. The molecule has 0 unspecified atom stereocenters. The summed E-state index contributed by atoms with van der Waals surface area (Å²) in [5, 5.41) is 0. The fraction of sp³-hybridized carbons (Fsp3) is 0.278. The highest BCUT2D eigenvalue weighted by atomic mass is 32.2. The maximum Gasteiger partial charge on any atom is 0.231 e. The van der Waals surface area contributed by atoms with Crippen molar-refractivity contribution in [1.82, 2.24) is 0 Å². The van der Waals surface area contributed by atoms with Crippen molar-refractivity contribution in [2.24, 2.45) is 5.92 Å². The summed E-state index contributed by atoms with van der Waals surface area (Å²) in [6.07, 6.45) is 0. The summed E-state index contributed by atoms with van der Waals surface area (Å²) in [5.41, 5.74) is 1.97. The first kappa shape index (κ1) is 15.0. The van der Waals surface area contributed by atoms with Gasteiger partial charge in [-0.25, -0.2) is 0 Å². The predicted molar refractivity (Wildman–Crippen MR) is 87.7 cm³/mol. The Kier molecular flexibility index (Phi) is 4.39. The highest BCUT2D eigenvalue weighted by Crippen LogP contribution is 2.34. The molecule has 1 aliphatic heterocycles. The average Bonchev–Trinajstić information content (AvgIpc) is 3.00. The van der Waals surface area contributed by atoms with Crippen LogP contribution in [0.15, 0.2) is 47.4 Å². The quantitative estimate of drug-likeness (QED) is 0.599. The molecule has 22 heavy (non-hydrogen) atoms. The summed E-state index contributed by atoms with van der Waals surface area (Å²) in [5.74, 6) is 2.70. The third-order valence-electron chi connectivity index (χ3n) is 3.51. The number of fused-ring (bicyclic) bond motifs is 1. The summed E-state index contributed by atoms with van der Waals surface area (Å²) in [7, 11) is 0. The zero-order chi connectivity index (χ0) is 15.5. The molecule has 0 fully saturated rings. The smallest absolute Gasteiger partial charge is 0.231 e. The molecule has 0 amide bonds. The first-order valence-electron chi connectivity index (χ1n) is 7.29. The maximum atomic E-state index is 11.9. The number of ketones is 1. The molecule has 1 aliphatic rings. The minimum absolute atomic E-state index is 0.0344. The predicted octanol–water partition coefficient (Wildman–Crippen LogP) is 4.55. The second kappa shape index (κ2) is 6.44. The van der Waals surface area contributed by atoms with E-state index in [1.807, 2.05) is 50.2 Å². The normalized spacial score (nSPS) is 12.7. The van der Waals surface area contributed by atoms with Crippen molar-refractivity contribution in [3.63, 3.8) is 0 Å². The van der Waals surface area contributed by atoms with E-state index >= 15 is 0 Å².